The molecule has 2 aliphatic carbocycles. The molecule has 13 heavy (non-hydrogen) atoms. The zero-order valence-corrected chi connectivity index (χ0v) is 8.60. The van der Waals surface area contributed by atoms with Crippen LogP contribution < -0.4 is 0 Å². The van der Waals surface area contributed by atoms with Crippen LogP contribution in [0.15, 0.2) is 0 Å². The van der Waals surface area contributed by atoms with Gasteiger partial charge in [-0.2, -0.15) is 0 Å². The summed E-state index contributed by atoms with van der Waals surface area (Å²) < 4.78 is 0. The molecule has 0 saturated heterocycles. The Morgan fingerprint density at radius 3 is 1.92 bits per heavy atom. The lowest BCUT2D eigenvalue weighted by Gasteiger charge is -2.41. The Morgan fingerprint density at radius 2 is 1.31 bits per heavy atom. The summed E-state index contributed by atoms with van der Waals surface area (Å²) in [5.41, 5.74) is -0.251. The number of hydrogen-bond donors (Lipinski definition) is 1. The zero-order chi connectivity index (χ0) is 9.15. The van der Waals surface area contributed by atoms with E-state index in [1.54, 1.807) is 0 Å². The monoisotopic (exact) mass is 182 g/mol. The minimum absolute atomic E-state index is 0.251. The average Bonchev–Trinajstić information content (AvgIpc) is 2.20. The van der Waals surface area contributed by atoms with Gasteiger partial charge >= 0.3 is 0 Å². The molecule has 2 aliphatic rings. The summed E-state index contributed by atoms with van der Waals surface area (Å²) in [4.78, 5) is 0. The fourth-order valence-electron chi connectivity index (χ4n) is 3.21. The summed E-state index contributed by atoms with van der Waals surface area (Å²) >= 11 is 0. The first-order valence-corrected chi connectivity index (χ1v) is 6.04. The third kappa shape index (κ3) is 2.07. The van der Waals surface area contributed by atoms with Gasteiger partial charge in [0.2, 0.25) is 0 Å². The summed E-state index contributed by atoms with van der Waals surface area (Å²) in [6.45, 7) is 0. The Kier molecular flexibility index (Phi) is 2.92. The molecule has 1 N–H and O–H groups in total. The lowest BCUT2D eigenvalue weighted by atomic mass is 9.70. The average molecular weight is 182 g/mol. The van der Waals surface area contributed by atoms with Crippen LogP contribution in [-0.4, -0.2) is 10.7 Å². The van der Waals surface area contributed by atoms with Crippen LogP contribution in [0.1, 0.15) is 64.2 Å². The van der Waals surface area contributed by atoms with E-state index in [0.29, 0.717) is 5.92 Å². The highest BCUT2D eigenvalue weighted by molar-refractivity contribution is 4.90. The smallest absolute Gasteiger partial charge is 0.0675 e. The van der Waals surface area contributed by atoms with E-state index < -0.39 is 0 Å². The van der Waals surface area contributed by atoms with E-state index >= 15 is 0 Å². The van der Waals surface area contributed by atoms with Gasteiger partial charge in [0.1, 0.15) is 0 Å². The van der Waals surface area contributed by atoms with E-state index in [4.69, 9.17) is 0 Å². The number of rotatable bonds is 1. The van der Waals surface area contributed by atoms with Crippen LogP contribution in [0.4, 0.5) is 0 Å². The molecule has 0 amide bonds. The Bertz CT molecular complexity index is 153. The van der Waals surface area contributed by atoms with Crippen molar-refractivity contribution >= 4 is 0 Å². The molecule has 0 atom stereocenters. The lowest BCUT2D eigenvalue weighted by molar-refractivity contribution is -0.0610. The van der Waals surface area contributed by atoms with E-state index in [0.717, 1.165) is 12.8 Å². The minimum atomic E-state index is -0.251. The fourth-order valence-corrected chi connectivity index (χ4v) is 3.21. The van der Waals surface area contributed by atoms with Crippen molar-refractivity contribution in [2.45, 2.75) is 69.8 Å². The van der Waals surface area contributed by atoms with E-state index in [1.807, 2.05) is 0 Å². The van der Waals surface area contributed by atoms with Crippen LogP contribution in [-0.2, 0) is 0 Å². The summed E-state index contributed by atoms with van der Waals surface area (Å²) in [5.74, 6) is 0.640. The second kappa shape index (κ2) is 4.00. The second-order valence-electron chi connectivity index (χ2n) is 5.00. The molecule has 0 aromatic heterocycles. The molecule has 0 radical (unpaired) electrons. The van der Waals surface area contributed by atoms with Gasteiger partial charge in [0.25, 0.3) is 0 Å². The van der Waals surface area contributed by atoms with Gasteiger partial charge in [0.05, 0.1) is 5.60 Å². The highest BCUT2D eigenvalue weighted by Gasteiger charge is 2.37. The normalized spacial score (nSPS) is 30.2. The van der Waals surface area contributed by atoms with Crippen molar-refractivity contribution in [1.82, 2.24) is 0 Å². The highest BCUT2D eigenvalue weighted by atomic mass is 16.3. The molecule has 1 heteroatoms. The van der Waals surface area contributed by atoms with Crippen LogP contribution in [0, 0.1) is 5.92 Å². The van der Waals surface area contributed by atoms with Gasteiger partial charge in [-0.3, -0.25) is 0 Å². The molecule has 0 aliphatic heterocycles. The predicted octanol–water partition coefficient (Wildman–Crippen LogP) is 3.26. The molecule has 0 unspecified atom stereocenters. The third-order valence-corrected chi connectivity index (χ3v) is 4.08. The molecule has 1 nitrogen and oxygen atoms in total. The topological polar surface area (TPSA) is 20.2 Å². The van der Waals surface area contributed by atoms with Gasteiger partial charge in [-0.1, -0.05) is 38.5 Å². The van der Waals surface area contributed by atoms with Crippen LogP contribution >= 0.6 is 0 Å². The van der Waals surface area contributed by atoms with Gasteiger partial charge in [-0.15, -0.1) is 0 Å². The Balaban J connectivity index is 1.94. The first kappa shape index (κ1) is 9.51. The Morgan fingerprint density at radius 1 is 0.769 bits per heavy atom. The van der Waals surface area contributed by atoms with E-state index in [-0.39, 0.29) is 5.60 Å². The lowest BCUT2D eigenvalue weighted by Crippen LogP contribution is -2.40. The highest BCUT2D eigenvalue weighted by Crippen LogP contribution is 2.41. The predicted molar refractivity (Wildman–Crippen MR) is 54.6 cm³/mol. The van der Waals surface area contributed by atoms with Crippen molar-refractivity contribution < 1.29 is 5.11 Å². The second-order valence-corrected chi connectivity index (χ2v) is 5.00. The van der Waals surface area contributed by atoms with Crippen LogP contribution in [0.5, 0.6) is 0 Å². The number of hydrogen-bond acceptors (Lipinski definition) is 1. The van der Waals surface area contributed by atoms with Crippen LogP contribution in [0.3, 0.4) is 0 Å². The van der Waals surface area contributed by atoms with Crippen LogP contribution in [0.2, 0.25) is 0 Å². The molecule has 0 aromatic carbocycles. The van der Waals surface area contributed by atoms with Gasteiger partial charge in [-0.25, -0.2) is 0 Å². The molecule has 76 valence electrons. The molecule has 2 fully saturated rings. The molecule has 0 heterocycles. The third-order valence-electron chi connectivity index (χ3n) is 4.08. The molecule has 0 aromatic rings. The van der Waals surface area contributed by atoms with Crippen LogP contribution in [0.25, 0.3) is 0 Å². The van der Waals surface area contributed by atoms with Crippen molar-refractivity contribution in [2.75, 3.05) is 0 Å². The van der Waals surface area contributed by atoms with Gasteiger partial charge in [-0.05, 0) is 31.6 Å². The SMILES string of the molecule is OC1(C2CCCCC2)CCCCC1. The summed E-state index contributed by atoms with van der Waals surface area (Å²) in [7, 11) is 0. The zero-order valence-electron chi connectivity index (χ0n) is 8.60. The molecular formula is C12H22O. The summed E-state index contributed by atoms with van der Waals surface area (Å²) in [5, 5.41) is 10.5. The maximum Gasteiger partial charge on any atom is 0.0675 e. The van der Waals surface area contributed by atoms with Gasteiger partial charge in [0, 0.05) is 0 Å². The molecular weight excluding hydrogens is 160 g/mol. The van der Waals surface area contributed by atoms with Gasteiger partial charge < -0.3 is 5.11 Å². The van der Waals surface area contributed by atoms with Crippen molar-refractivity contribution in [2.24, 2.45) is 5.92 Å². The minimum Gasteiger partial charge on any atom is -0.390 e. The first-order chi connectivity index (χ1) is 6.31. The summed E-state index contributed by atoms with van der Waals surface area (Å²) in [6.07, 6.45) is 12.7. The van der Waals surface area contributed by atoms with Crippen molar-refractivity contribution in [1.29, 1.82) is 0 Å². The summed E-state index contributed by atoms with van der Waals surface area (Å²) in [6, 6.07) is 0. The maximum atomic E-state index is 10.5. The first-order valence-electron chi connectivity index (χ1n) is 6.04. The van der Waals surface area contributed by atoms with Crippen molar-refractivity contribution in [3.63, 3.8) is 0 Å². The largest absolute Gasteiger partial charge is 0.390 e. The van der Waals surface area contributed by atoms with Crippen molar-refractivity contribution in [3.8, 4) is 0 Å². The van der Waals surface area contributed by atoms with Gasteiger partial charge in [0.15, 0.2) is 0 Å². The van der Waals surface area contributed by atoms with E-state index in [1.165, 1.54) is 51.4 Å². The Hall–Kier alpha value is -0.0400. The molecule has 2 rings (SSSR count). The molecule has 0 bridgehead atoms. The quantitative estimate of drug-likeness (QED) is 0.660. The standard InChI is InChI=1S/C12H22O/c13-12(9-5-2-6-10-12)11-7-3-1-4-8-11/h11,13H,1-10H2. The van der Waals surface area contributed by atoms with E-state index in [2.05, 4.69) is 0 Å². The molecule has 2 saturated carbocycles. The maximum absolute atomic E-state index is 10.5. The fraction of sp³-hybridized carbons (Fsp3) is 1.00. The molecule has 0 spiro atoms. The Labute approximate surface area is 81.5 Å². The van der Waals surface area contributed by atoms with E-state index in [9.17, 15) is 5.11 Å². The number of aliphatic hydroxyl groups is 1. The van der Waals surface area contributed by atoms with Crippen molar-refractivity contribution in [3.05, 3.63) is 0 Å².